The lowest BCUT2D eigenvalue weighted by atomic mass is 10.1. The van der Waals surface area contributed by atoms with Crippen LogP contribution in [0, 0.1) is 12.8 Å². The molecule has 0 radical (unpaired) electrons. The van der Waals surface area contributed by atoms with Crippen LogP contribution in [0.5, 0.6) is 0 Å². The van der Waals surface area contributed by atoms with Crippen LogP contribution in [0.1, 0.15) is 30.2 Å². The number of rotatable bonds is 6. The van der Waals surface area contributed by atoms with E-state index in [0.29, 0.717) is 0 Å². The molecule has 1 rings (SSSR count). The molecule has 1 atom stereocenters. The molecule has 19 heavy (non-hydrogen) atoms. The van der Waals surface area contributed by atoms with Gasteiger partial charge in [0.15, 0.2) is 0 Å². The van der Waals surface area contributed by atoms with Crippen LogP contribution < -0.4 is 4.72 Å². The van der Waals surface area contributed by atoms with E-state index in [2.05, 4.69) is 4.72 Å². The highest BCUT2D eigenvalue weighted by Gasteiger charge is 2.27. The summed E-state index contributed by atoms with van der Waals surface area (Å²) in [5.74, 6) is -1.90. The summed E-state index contributed by atoms with van der Waals surface area (Å²) in [6.45, 7) is 4.53. The molecule has 0 saturated heterocycles. The zero-order valence-corrected chi connectivity index (χ0v) is 11.7. The molecule has 0 amide bonds. The van der Waals surface area contributed by atoms with Gasteiger partial charge in [0.05, 0.1) is 6.61 Å². The number of carboxylic acids is 1. The second kappa shape index (κ2) is 5.72. The summed E-state index contributed by atoms with van der Waals surface area (Å²) in [4.78, 5) is 10.5. The third-order valence-corrected chi connectivity index (χ3v) is 4.28. The Morgan fingerprint density at radius 3 is 2.42 bits per heavy atom. The smallest absolute Gasteiger partial charge is 0.371 e. The SMILES string of the molecule is Cc1oc(C(=O)O)cc1S(=O)(=O)NC(CO)C(C)C. The summed E-state index contributed by atoms with van der Waals surface area (Å²) in [6.07, 6.45) is 0. The fourth-order valence-corrected chi connectivity index (χ4v) is 3.04. The Labute approximate surface area is 111 Å². The summed E-state index contributed by atoms with van der Waals surface area (Å²) >= 11 is 0. The summed E-state index contributed by atoms with van der Waals surface area (Å²) in [7, 11) is -3.93. The van der Waals surface area contributed by atoms with Crippen molar-refractivity contribution >= 4 is 16.0 Å². The van der Waals surface area contributed by atoms with Crippen LogP contribution in [0.4, 0.5) is 0 Å². The van der Waals surface area contributed by atoms with Crippen LogP contribution in [0.25, 0.3) is 0 Å². The molecule has 0 aliphatic carbocycles. The van der Waals surface area contributed by atoms with Gasteiger partial charge in [0, 0.05) is 12.1 Å². The highest BCUT2D eigenvalue weighted by atomic mass is 32.2. The van der Waals surface area contributed by atoms with Gasteiger partial charge in [-0.05, 0) is 12.8 Å². The van der Waals surface area contributed by atoms with Gasteiger partial charge in [-0.2, -0.15) is 0 Å². The highest BCUT2D eigenvalue weighted by Crippen LogP contribution is 2.20. The van der Waals surface area contributed by atoms with Gasteiger partial charge < -0.3 is 14.6 Å². The van der Waals surface area contributed by atoms with E-state index in [1.165, 1.54) is 6.92 Å². The van der Waals surface area contributed by atoms with Crippen LogP contribution in [-0.4, -0.2) is 37.2 Å². The van der Waals surface area contributed by atoms with Gasteiger partial charge >= 0.3 is 5.97 Å². The van der Waals surface area contributed by atoms with E-state index in [4.69, 9.17) is 14.6 Å². The first kappa shape index (κ1) is 15.7. The molecule has 1 heterocycles. The van der Waals surface area contributed by atoms with Crippen molar-refractivity contribution in [3.63, 3.8) is 0 Å². The van der Waals surface area contributed by atoms with Crippen LogP contribution in [0.15, 0.2) is 15.4 Å². The Kier molecular flexibility index (Phi) is 4.72. The zero-order chi connectivity index (χ0) is 14.8. The first-order chi connectivity index (χ1) is 8.69. The lowest BCUT2D eigenvalue weighted by Crippen LogP contribution is -2.41. The molecule has 0 aromatic carbocycles. The van der Waals surface area contributed by atoms with Crippen LogP contribution in [-0.2, 0) is 10.0 Å². The van der Waals surface area contributed by atoms with Crippen LogP contribution in [0.3, 0.4) is 0 Å². The lowest BCUT2D eigenvalue weighted by Gasteiger charge is -2.19. The van der Waals surface area contributed by atoms with E-state index >= 15 is 0 Å². The summed E-state index contributed by atoms with van der Waals surface area (Å²) < 4.78 is 31.4. The van der Waals surface area contributed by atoms with Crippen LogP contribution >= 0.6 is 0 Å². The largest absolute Gasteiger partial charge is 0.475 e. The average Bonchev–Trinajstić information content (AvgIpc) is 2.68. The van der Waals surface area contributed by atoms with Gasteiger partial charge in [-0.25, -0.2) is 17.9 Å². The monoisotopic (exact) mass is 291 g/mol. The zero-order valence-electron chi connectivity index (χ0n) is 10.9. The maximum atomic E-state index is 12.1. The van der Waals surface area contributed by atoms with E-state index in [1.54, 1.807) is 13.8 Å². The number of sulfonamides is 1. The topological polar surface area (TPSA) is 117 Å². The van der Waals surface area contributed by atoms with Crippen molar-refractivity contribution in [1.29, 1.82) is 0 Å². The van der Waals surface area contributed by atoms with Crippen molar-refractivity contribution in [2.24, 2.45) is 5.92 Å². The van der Waals surface area contributed by atoms with Crippen molar-refractivity contribution in [3.8, 4) is 0 Å². The summed E-state index contributed by atoms with van der Waals surface area (Å²) in [5, 5.41) is 17.9. The maximum absolute atomic E-state index is 12.1. The predicted molar refractivity (Wildman–Crippen MR) is 66.4 cm³/mol. The van der Waals surface area contributed by atoms with Gasteiger partial charge in [-0.3, -0.25) is 0 Å². The molecule has 0 bridgehead atoms. The van der Waals surface area contributed by atoms with Crippen LogP contribution in [0.2, 0.25) is 0 Å². The quantitative estimate of drug-likeness (QED) is 0.706. The molecule has 1 aromatic rings. The Hall–Kier alpha value is -1.38. The number of carboxylic acid groups (broad SMARTS) is 1. The minimum Gasteiger partial charge on any atom is -0.475 e. The molecule has 0 spiro atoms. The van der Waals surface area contributed by atoms with Crippen molar-refractivity contribution in [2.45, 2.75) is 31.7 Å². The number of aliphatic hydroxyl groups is 1. The van der Waals surface area contributed by atoms with Crippen molar-refractivity contribution in [3.05, 3.63) is 17.6 Å². The number of aliphatic hydroxyl groups excluding tert-OH is 1. The van der Waals surface area contributed by atoms with E-state index in [1.807, 2.05) is 0 Å². The minimum absolute atomic E-state index is 0.00894. The standard InChI is InChI=1S/C11H17NO6S/c1-6(2)8(5-13)12-19(16,17)10-4-9(11(14)15)18-7(10)3/h4,6,8,12-13H,5H2,1-3H3,(H,14,15). The number of furan rings is 1. The molecule has 0 saturated carbocycles. The number of nitrogens with one attached hydrogen (secondary N) is 1. The molecule has 0 aliphatic heterocycles. The predicted octanol–water partition coefficient (Wildman–Crippen LogP) is 0.581. The second-order valence-corrected chi connectivity index (χ2v) is 6.17. The molecule has 0 aliphatic rings. The fraction of sp³-hybridized carbons (Fsp3) is 0.545. The Morgan fingerprint density at radius 1 is 1.47 bits per heavy atom. The number of hydrogen-bond acceptors (Lipinski definition) is 5. The first-order valence-electron chi connectivity index (χ1n) is 5.66. The summed E-state index contributed by atoms with van der Waals surface area (Å²) in [5.41, 5.74) is 0. The third-order valence-electron chi connectivity index (χ3n) is 2.68. The molecular formula is C11H17NO6S. The molecular weight excluding hydrogens is 274 g/mol. The minimum atomic E-state index is -3.93. The highest BCUT2D eigenvalue weighted by molar-refractivity contribution is 7.89. The first-order valence-corrected chi connectivity index (χ1v) is 7.14. The average molecular weight is 291 g/mol. The van der Waals surface area contributed by atoms with Crippen molar-refractivity contribution in [1.82, 2.24) is 4.72 Å². The molecule has 108 valence electrons. The third kappa shape index (κ3) is 3.55. The number of aryl methyl sites for hydroxylation is 1. The van der Waals surface area contributed by atoms with E-state index in [0.717, 1.165) is 6.07 Å². The van der Waals surface area contributed by atoms with Crippen molar-refractivity contribution in [2.75, 3.05) is 6.61 Å². The maximum Gasteiger partial charge on any atom is 0.371 e. The van der Waals surface area contributed by atoms with Gasteiger partial charge in [-0.1, -0.05) is 13.8 Å². The molecule has 8 heteroatoms. The Balaban J connectivity index is 3.10. The van der Waals surface area contributed by atoms with E-state index in [9.17, 15) is 13.2 Å². The lowest BCUT2D eigenvalue weighted by molar-refractivity contribution is 0.0661. The fourth-order valence-electron chi connectivity index (χ4n) is 1.48. The van der Waals surface area contributed by atoms with Gasteiger partial charge in [-0.15, -0.1) is 0 Å². The number of aromatic carboxylic acids is 1. The van der Waals surface area contributed by atoms with Crippen molar-refractivity contribution < 1.29 is 27.8 Å². The molecule has 3 N–H and O–H groups in total. The second-order valence-electron chi connectivity index (χ2n) is 4.49. The Morgan fingerprint density at radius 2 is 2.05 bits per heavy atom. The Bertz CT molecular complexity index is 560. The molecule has 1 aromatic heterocycles. The summed E-state index contributed by atoms with van der Waals surface area (Å²) in [6, 6.07) is 0.307. The number of carbonyl (C=O) groups is 1. The van der Waals surface area contributed by atoms with Gasteiger partial charge in [0.25, 0.3) is 0 Å². The normalized spacial score (nSPS) is 13.7. The van der Waals surface area contributed by atoms with Gasteiger partial charge in [0.2, 0.25) is 15.8 Å². The van der Waals surface area contributed by atoms with E-state index < -0.39 is 27.8 Å². The molecule has 0 fully saturated rings. The van der Waals surface area contributed by atoms with Gasteiger partial charge in [0.1, 0.15) is 10.7 Å². The molecule has 1 unspecified atom stereocenters. The van der Waals surface area contributed by atoms with E-state index in [-0.39, 0.29) is 23.2 Å². The molecule has 7 nitrogen and oxygen atoms in total. The number of hydrogen-bond donors (Lipinski definition) is 3.